The molecule has 152 valence electrons. The van der Waals surface area contributed by atoms with Crippen molar-refractivity contribution >= 4 is 17.3 Å². The van der Waals surface area contributed by atoms with Crippen LogP contribution in [0.1, 0.15) is 30.0 Å². The third-order valence-electron chi connectivity index (χ3n) is 5.34. The summed E-state index contributed by atoms with van der Waals surface area (Å²) in [4.78, 5) is 22.2. The first-order valence-electron chi connectivity index (χ1n) is 10.00. The normalized spacial score (nSPS) is 12.9. The molecule has 4 heterocycles. The van der Waals surface area contributed by atoms with Crippen LogP contribution < -0.4 is 10.3 Å². The van der Waals surface area contributed by atoms with Gasteiger partial charge < -0.3 is 4.74 Å². The number of nitrogens with zero attached hydrogens (tertiary/aromatic N) is 6. The van der Waals surface area contributed by atoms with E-state index in [2.05, 4.69) is 17.0 Å². The maximum Gasteiger partial charge on any atom is 0.260 e. The second-order valence-electron chi connectivity index (χ2n) is 7.37. The van der Waals surface area contributed by atoms with Gasteiger partial charge in [0.15, 0.2) is 0 Å². The quantitative estimate of drug-likeness (QED) is 0.497. The minimum absolute atomic E-state index is 0.00641. The summed E-state index contributed by atoms with van der Waals surface area (Å²) in [6, 6.07) is 7.92. The fourth-order valence-corrected chi connectivity index (χ4v) is 3.91. The highest BCUT2D eigenvalue weighted by Crippen LogP contribution is 2.27. The summed E-state index contributed by atoms with van der Waals surface area (Å²) in [5.41, 5.74) is 3.58. The summed E-state index contributed by atoms with van der Waals surface area (Å²) < 4.78 is 10.8. The first kappa shape index (κ1) is 18.4. The van der Waals surface area contributed by atoms with Crippen LogP contribution in [0.4, 0.5) is 5.82 Å². The Morgan fingerprint density at radius 3 is 3.00 bits per heavy atom. The fourth-order valence-electron chi connectivity index (χ4n) is 3.91. The van der Waals surface area contributed by atoms with Gasteiger partial charge in [0.25, 0.3) is 5.56 Å². The highest BCUT2D eigenvalue weighted by molar-refractivity contribution is 6.05. The fraction of sp³-hybridized carbons (Fsp3) is 0.273. The highest BCUT2D eigenvalue weighted by atomic mass is 16.5. The second-order valence-corrected chi connectivity index (χ2v) is 7.37. The molecule has 4 aromatic rings. The van der Waals surface area contributed by atoms with E-state index < -0.39 is 0 Å². The molecular formula is C22H22N6O2. The van der Waals surface area contributed by atoms with Crippen LogP contribution in [0.25, 0.3) is 5.78 Å². The van der Waals surface area contributed by atoms with Crippen molar-refractivity contribution in [3.8, 4) is 5.75 Å². The van der Waals surface area contributed by atoms with Crippen LogP contribution in [0.5, 0.6) is 5.75 Å². The van der Waals surface area contributed by atoms with E-state index in [1.807, 2.05) is 45.7 Å². The molecule has 0 fully saturated rings. The Balaban J connectivity index is 1.47. The molecule has 3 aromatic heterocycles. The predicted octanol–water partition coefficient (Wildman–Crippen LogP) is 2.84. The number of methoxy groups -OCH3 is 1. The van der Waals surface area contributed by atoms with Crippen molar-refractivity contribution in [2.45, 2.75) is 32.9 Å². The Bertz CT molecular complexity index is 1330. The molecule has 1 aliphatic rings. The standard InChI is InChI=1S/C22H22N6O2/c1-3-8-28-21(29)18-11-19(25-20(18)27-9-7-23-22(27)28)16-12-24-26(14-16)13-15-5-4-6-17(10-15)30-2/h4-7,9-10,12,14H,3,8,11,13H2,1-2H3. The number of rotatable bonds is 6. The first-order chi connectivity index (χ1) is 14.7. The van der Waals surface area contributed by atoms with Crippen LogP contribution in [0.15, 0.2) is 58.8 Å². The monoisotopic (exact) mass is 402 g/mol. The lowest BCUT2D eigenvalue weighted by atomic mass is 10.1. The summed E-state index contributed by atoms with van der Waals surface area (Å²) in [7, 11) is 1.66. The van der Waals surface area contributed by atoms with Gasteiger partial charge in [-0.05, 0) is 24.1 Å². The summed E-state index contributed by atoms with van der Waals surface area (Å²) in [5, 5.41) is 4.49. The zero-order valence-electron chi connectivity index (χ0n) is 16.9. The zero-order chi connectivity index (χ0) is 20.7. The number of fused-ring (bicyclic) bond motifs is 3. The first-order valence-corrected chi connectivity index (χ1v) is 10.00. The molecule has 0 atom stereocenters. The Morgan fingerprint density at radius 2 is 2.17 bits per heavy atom. The molecule has 0 radical (unpaired) electrons. The molecule has 0 spiro atoms. The molecule has 0 saturated carbocycles. The van der Waals surface area contributed by atoms with Crippen molar-refractivity contribution in [3.05, 3.63) is 76.1 Å². The van der Waals surface area contributed by atoms with E-state index in [0.717, 1.165) is 29.0 Å². The Hall–Kier alpha value is -3.68. The van der Waals surface area contributed by atoms with Gasteiger partial charge in [-0.2, -0.15) is 5.10 Å². The molecule has 8 heteroatoms. The van der Waals surface area contributed by atoms with E-state index in [9.17, 15) is 4.79 Å². The molecular weight excluding hydrogens is 380 g/mol. The number of aliphatic imine (C=N–C) groups is 1. The second kappa shape index (κ2) is 7.29. The average Bonchev–Trinajstić information content (AvgIpc) is 3.49. The van der Waals surface area contributed by atoms with Gasteiger partial charge in [-0.1, -0.05) is 19.1 Å². The van der Waals surface area contributed by atoms with E-state index in [-0.39, 0.29) is 5.56 Å². The highest BCUT2D eigenvalue weighted by Gasteiger charge is 2.25. The van der Waals surface area contributed by atoms with Crippen LogP contribution in [-0.2, 0) is 19.5 Å². The SMILES string of the molecule is CCCn1c(=O)c2c(n3ccnc13)N=C(c1cnn(Cc3cccc(OC)c3)c1)C2. The van der Waals surface area contributed by atoms with Crippen LogP contribution in [0, 0.1) is 0 Å². The molecule has 8 nitrogen and oxygen atoms in total. The summed E-state index contributed by atoms with van der Waals surface area (Å²) in [6.07, 6.45) is 8.71. The van der Waals surface area contributed by atoms with Gasteiger partial charge in [-0.25, -0.2) is 9.98 Å². The number of imidazole rings is 1. The van der Waals surface area contributed by atoms with E-state index in [1.54, 1.807) is 24.1 Å². The average molecular weight is 402 g/mol. The van der Waals surface area contributed by atoms with Gasteiger partial charge in [0.2, 0.25) is 5.78 Å². The van der Waals surface area contributed by atoms with Crippen molar-refractivity contribution < 1.29 is 4.74 Å². The van der Waals surface area contributed by atoms with Crippen molar-refractivity contribution in [2.24, 2.45) is 4.99 Å². The van der Waals surface area contributed by atoms with Crippen LogP contribution in [-0.4, -0.2) is 36.6 Å². The topological polar surface area (TPSA) is 78.7 Å². The molecule has 0 bridgehead atoms. The summed E-state index contributed by atoms with van der Waals surface area (Å²) in [6.45, 7) is 3.32. The molecule has 0 aliphatic carbocycles. The van der Waals surface area contributed by atoms with Crippen LogP contribution in [0.2, 0.25) is 0 Å². The van der Waals surface area contributed by atoms with Crippen molar-refractivity contribution in [1.82, 2.24) is 23.7 Å². The van der Waals surface area contributed by atoms with Gasteiger partial charge in [-0.15, -0.1) is 0 Å². The molecule has 0 unspecified atom stereocenters. The summed E-state index contributed by atoms with van der Waals surface area (Å²) in [5.74, 6) is 2.14. The van der Waals surface area contributed by atoms with Crippen LogP contribution in [0.3, 0.4) is 0 Å². The molecule has 0 N–H and O–H groups in total. The Kier molecular flexibility index (Phi) is 4.46. The molecule has 0 saturated heterocycles. The third kappa shape index (κ3) is 3.01. The number of hydrogen-bond acceptors (Lipinski definition) is 5. The smallest absolute Gasteiger partial charge is 0.260 e. The van der Waals surface area contributed by atoms with Crippen molar-refractivity contribution in [1.29, 1.82) is 0 Å². The maximum atomic E-state index is 13.0. The lowest BCUT2D eigenvalue weighted by Gasteiger charge is -2.09. The van der Waals surface area contributed by atoms with Gasteiger partial charge in [0.05, 0.1) is 31.1 Å². The van der Waals surface area contributed by atoms with E-state index >= 15 is 0 Å². The lowest BCUT2D eigenvalue weighted by Crippen LogP contribution is -2.26. The number of aromatic nitrogens is 5. The Labute approximate surface area is 173 Å². The third-order valence-corrected chi connectivity index (χ3v) is 5.34. The number of aryl methyl sites for hydroxylation is 1. The Morgan fingerprint density at radius 1 is 1.27 bits per heavy atom. The van der Waals surface area contributed by atoms with E-state index in [0.29, 0.717) is 36.7 Å². The molecule has 1 aromatic carbocycles. The van der Waals surface area contributed by atoms with Crippen molar-refractivity contribution in [2.75, 3.05) is 7.11 Å². The number of ether oxygens (including phenoxy) is 1. The summed E-state index contributed by atoms with van der Waals surface area (Å²) >= 11 is 0. The maximum absolute atomic E-state index is 13.0. The van der Waals surface area contributed by atoms with E-state index in [4.69, 9.17) is 9.73 Å². The van der Waals surface area contributed by atoms with Gasteiger partial charge in [0, 0.05) is 37.1 Å². The van der Waals surface area contributed by atoms with Gasteiger partial charge in [-0.3, -0.25) is 18.4 Å². The van der Waals surface area contributed by atoms with Crippen LogP contribution >= 0.6 is 0 Å². The molecule has 5 rings (SSSR count). The molecule has 30 heavy (non-hydrogen) atoms. The lowest BCUT2D eigenvalue weighted by molar-refractivity contribution is 0.414. The number of benzene rings is 1. The molecule has 1 aliphatic heterocycles. The zero-order valence-corrected chi connectivity index (χ0v) is 16.9. The largest absolute Gasteiger partial charge is 0.497 e. The minimum Gasteiger partial charge on any atom is -0.497 e. The molecule has 0 amide bonds. The van der Waals surface area contributed by atoms with Crippen molar-refractivity contribution in [3.63, 3.8) is 0 Å². The van der Waals surface area contributed by atoms with Gasteiger partial charge in [0.1, 0.15) is 11.6 Å². The number of hydrogen-bond donors (Lipinski definition) is 0. The predicted molar refractivity (Wildman–Crippen MR) is 114 cm³/mol. The van der Waals surface area contributed by atoms with Gasteiger partial charge >= 0.3 is 0 Å². The van der Waals surface area contributed by atoms with E-state index in [1.165, 1.54) is 0 Å². The minimum atomic E-state index is -0.00641.